The Kier molecular flexibility index (Phi) is 8.03. The molecule has 1 aliphatic rings. The minimum absolute atomic E-state index is 0.0924. The van der Waals surface area contributed by atoms with Gasteiger partial charge in [-0.2, -0.15) is 5.26 Å². The van der Waals surface area contributed by atoms with E-state index in [1.807, 2.05) is 0 Å². The molecule has 170 valence electrons. The predicted molar refractivity (Wildman–Crippen MR) is 128 cm³/mol. The largest absolute Gasteiger partial charge is 0.468 e. The van der Waals surface area contributed by atoms with Gasteiger partial charge in [-0.15, -0.1) is 0 Å². The molecular weight excluding hydrogens is 485 g/mol. The van der Waals surface area contributed by atoms with Crippen molar-refractivity contribution in [2.75, 3.05) is 18.2 Å². The van der Waals surface area contributed by atoms with E-state index in [1.165, 1.54) is 7.11 Å². The van der Waals surface area contributed by atoms with Gasteiger partial charge in [0.05, 0.1) is 29.5 Å². The second-order valence-electron chi connectivity index (χ2n) is 7.09. The van der Waals surface area contributed by atoms with Crippen LogP contribution in [0.5, 0.6) is 0 Å². The summed E-state index contributed by atoms with van der Waals surface area (Å²) in [5, 5.41) is 16.3. The van der Waals surface area contributed by atoms with Crippen LogP contribution in [0.3, 0.4) is 0 Å². The number of carbonyl (C=O) groups is 3. The SMILES string of the molecule is COC(=O)[C@@H]1C(=O)NC(SCC(=O)Nc2cccc(Cl)c2C)=C(C#N)[C@H]1c1ccccc1Cl. The second kappa shape index (κ2) is 10.8. The number of rotatable bonds is 6. The van der Waals surface area contributed by atoms with Gasteiger partial charge in [0.15, 0.2) is 0 Å². The number of methoxy groups -OCH3 is 1. The number of ether oxygens (including phenoxy) is 1. The molecule has 2 amide bonds. The number of thioether (sulfide) groups is 1. The number of nitriles is 1. The molecular formula is C23H19Cl2N3O4S. The standard InChI is InChI=1S/C23H19Cl2N3O4S/c1-12-15(24)8-5-9-17(12)27-18(29)11-33-22-14(10-26)19(13-6-3-4-7-16(13)25)20(21(30)28-22)23(31)32-2/h3-9,19-20H,11H2,1-2H3,(H,27,29)(H,28,30)/t19-,20+/m1/s1. The van der Waals surface area contributed by atoms with Crippen LogP contribution in [-0.2, 0) is 19.1 Å². The molecule has 0 unspecified atom stereocenters. The molecule has 0 saturated heterocycles. The lowest BCUT2D eigenvalue weighted by Crippen LogP contribution is -2.44. The van der Waals surface area contributed by atoms with Crippen LogP contribution in [0.1, 0.15) is 17.0 Å². The van der Waals surface area contributed by atoms with Gasteiger partial charge >= 0.3 is 5.97 Å². The molecule has 2 aromatic rings. The summed E-state index contributed by atoms with van der Waals surface area (Å²) in [6.07, 6.45) is 0. The van der Waals surface area contributed by atoms with Crippen LogP contribution < -0.4 is 10.6 Å². The Balaban J connectivity index is 1.91. The van der Waals surface area contributed by atoms with Gasteiger partial charge in [-0.1, -0.05) is 59.2 Å². The molecule has 1 aliphatic heterocycles. The maximum Gasteiger partial charge on any atom is 0.319 e. The van der Waals surface area contributed by atoms with Crippen LogP contribution in [0, 0.1) is 24.2 Å². The number of allylic oxidation sites excluding steroid dienone is 1. The number of hydrogen-bond donors (Lipinski definition) is 2. The summed E-state index contributed by atoms with van der Waals surface area (Å²) in [4.78, 5) is 37.8. The highest BCUT2D eigenvalue weighted by molar-refractivity contribution is 8.03. The summed E-state index contributed by atoms with van der Waals surface area (Å²) >= 11 is 13.4. The molecule has 0 saturated carbocycles. The van der Waals surface area contributed by atoms with Crippen molar-refractivity contribution in [2.45, 2.75) is 12.8 Å². The van der Waals surface area contributed by atoms with E-state index in [9.17, 15) is 19.6 Å². The first-order chi connectivity index (χ1) is 15.8. The Labute approximate surface area is 205 Å². The lowest BCUT2D eigenvalue weighted by molar-refractivity contribution is -0.150. The molecule has 0 radical (unpaired) electrons. The Hall–Kier alpha value is -2.99. The highest BCUT2D eigenvalue weighted by Crippen LogP contribution is 2.42. The van der Waals surface area contributed by atoms with Crippen LogP contribution in [0.25, 0.3) is 0 Å². The van der Waals surface area contributed by atoms with Crippen LogP contribution in [0.15, 0.2) is 53.1 Å². The monoisotopic (exact) mass is 503 g/mol. The van der Waals surface area contributed by atoms with Gasteiger partial charge in [0, 0.05) is 21.7 Å². The Morgan fingerprint density at radius 1 is 1.18 bits per heavy atom. The summed E-state index contributed by atoms with van der Waals surface area (Å²) in [7, 11) is 1.17. The summed E-state index contributed by atoms with van der Waals surface area (Å²) in [5.74, 6) is -4.12. The van der Waals surface area contributed by atoms with E-state index < -0.39 is 23.7 Å². The molecule has 0 bridgehead atoms. The van der Waals surface area contributed by atoms with Crippen molar-refractivity contribution in [2.24, 2.45) is 5.92 Å². The van der Waals surface area contributed by atoms with E-state index in [-0.39, 0.29) is 22.3 Å². The van der Waals surface area contributed by atoms with E-state index in [2.05, 4.69) is 16.7 Å². The fourth-order valence-electron chi connectivity index (χ4n) is 3.45. The van der Waals surface area contributed by atoms with Gasteiger partial charge in [-0.25, -0.2) is 0 Å². The third-order valence-electron chi connectivity index (χ3n) is 5.11. The highest BCUT2D eigenvalue weighted by Gasteiger charge is 2.45. The first-order valence-electron chi connectivity index (χ1n) is 9.73. The van der Waals surface area contributed by atoms with Gasteiger partial charge in [0.2, 0.25) is 11.8 Å². The normalized spacial score (nSPS) is 17.7. The number of benzene rings is 2. The maximum atomic E-state index is 12.9. The number of anilines is 1. The quantitative estimate of drug-likeness (QED) is 0.446. The summed E-state index contributed by atoms with van der Waals surface area (Å²) < 4.78 is 4.81. The molecule has 0 fully saturated rings. The molecule has 2 atom stereocenters. The second-order valence-corrected chi connectivity index (χ2v) is 8.89. The lowest BCUT2D eigenvalue weighted by Gasteiger charge is -2.31. The third kappa shape index (κ3) is 5.33. The number of hydrogen-bond acceptors (Lipinski definition) is 6. The molecule has 0 spiro atoms. The number of halogens is 2. The van der Waals surface area contributed by atoms with Crippen LogP contribution in [0.2, 0.25) is 10.0 Å². The number of nitrogens with zero attached hydrogens (tertiary/aromatic N) is 1. The fourth-order valence-corrected chi connectivity index (χ4v) is 4.73. The van der Waals surface area contributed by atoms with Crippen LogP contribution >= 0.6 is 35.0 Å². The van der Waals surface area contributed by atoms with Crippen molar-refractivity contribution in [1.29, 1.82) is 5.26 Å². The fraction of sp³-hybridized carbons (Fsp3) is 0.217. The summed E-state index contributed by atoms with van der Waals surface area (Å²) in [6.45, 7) is 1.78. The van der Waals surface area contributed by atoms with Gasteiger partial charge in [-0.05, 0) is 36.2 Å². The lowest BCUT2D eigenvalue weighted by atomic mass is 9.78. The highest BCUT2D eigenvalue weighted by atomic mass is 35.5. The average Bonchev–Trinajstić information content (AvgIpc) is 2.80. The zero-order valence-electron chi connectivity index (χ0n) is 17.6. The predicted octanol–water partition coefficient (Wildman–Crippen LogP) is 4.41. The first kappa shape index (κ1) is 24.6. The Bertz CT molecular complexity index is 1190. The van der Waals surface area contributed by atoms with Crippen molar-refractivity contribution in [1.82, 2.24) is 5.32 Å². The van der Waals surface area contributed by atoms with Crippen molar-refractivity contribution in [3.05, 3.63) is 74.2 Å². The molecule has 0 aliphatic carbocycles. The van der Waals surface area contributed by atoms with Crippen LogP contribution in [0.4, 0.5) is 5.69 Å². The zero-order valence-corrected chi connectivity index (χ0v) is 20.0. The summed E-state index contributed by atoms with van der Waals surface area (Å²) in [6, 6.07) is 13.9. The molecule has 1 heterocycles. The molecule has 3 rings (SSSR count). The van der Waals surface area contributed by atoms with E-state index >= 15 is 0 Å². The zero-order chi connectivity index (χ0) is 24.1. The molecule has 2 N–H and O–H groups in total. The number of carbonyl (C=O) groups excluding carboxylic acids is 3. The van der Waals surface area contributed by atoms with Crippen LogP contribution in [-0.4, -0.2) is 30.6 Å². The Morgan fingerprint density at radius 2 is 1.88 bits per heavy atom. The molecule has 0 aromatic heterocycles. The molecule has 2 aromatic carbocycles. The van der Waals surface area contributed by atoms with Crippen molar-refractivity contribution in [3.8, 4) is 6.07 Å². The van der Waals surface area contributed by atoms with E-state index in [0.29, 0.717) is 21.3 Å². The third-order valence-corrected chi connectivity index (χ3v) is 6.88. The first-order valence-corrected chi connectivity index (χ1v) is 11.5. The van der Waals surface area contributed by atoms with Gasteiger partial charge < -0.3 is 15.4 Å². The maximum absolute atomic E-state index is 12.9. The minimum Gasteiger partial charge on any atom is -0.468 e. The topological polar surface area (TPSA) is 108 Å². The number of esters is 1. The van der Waals surface area contributed by atoms with Gasteiger partial charge in [-0.3, -0.25) is 14.4 Å². The average molecular weight is 504 g/mol. The smallest absolute Gasteiger partial charge is 0.319 e. The minimum atomic E-state index is -1.29. The van der Waals surface area contributed by atoms with E-state index in [1.54, 1.807) is 49.4 Å². The van der Waals surface area contributed by atoms with E-state index in [4.69, 9.17) is 27.9 Å². The number of nitrogens with one attached hydrogen (secondary N) is 2. The Morgan fingerprint density at radius 3 is 2.55 bits per heavy atom. The molecule has 33 heavy (non-hydrogen) atoms. The number of amides is 2. The van der Waals surface area contributed by atoms with Gasteiger partial charge in [0.1, 0.15) is 5.92 Å². The van der Waals surface area contributed by atoms with Crippen molar-refractivity contribution < 1.29 is 19.1 Å². The van der Waals surface area contributed by atoms with Crippen molar-refractivity contribution in [3.63, 3.8) is 0 Å². The van der Waals surface area contributed by atoms with Gasteiger partial charge in [0.25, 0.3) is 0 Å². The van der Waals surface area contributed by atoms with E-state index in [0.717, 1.165) is 17.3 Å². The molecule has 7 nitrogen and oxygen atoms in total. The summed E-state index contributed by atoms with van der Waals surface area (Å²) in [5.41, 5.74) is 1.85. The molecule has 10 heteroatoms. The van der Waals surface area contributed by atoms with Crippen molar-refractivity contribution >= 4 is 58.4 Å².